The molecule has 2 heterocycles. The van der Waals surface area contributed by atoms with E-state index in [1.807, 2.05) is 6.08 Å². The van der Waals surface area contributed by atoms with E-state index in [-0.39, 0.29) is 18.2 Å². The normalized spacial score (nSPS) is 26.2. The molecule has 2 saturated heterocycles. The fraction of sp³-hybridized carbons (Fsp3) is 0.812. The summed E-state index contributed by atoms with van der Waals surface area (Å²) in [4.78, 5) is 12.2. The molecule has 0 saturated carbocycles. The van der Waals surface area contributed by atoms with Crippen LogP contribution in [-0.2, 0) is 19.0 Å². The zero-order chi connectivity index (χ0) is 14.9. The Hall–Kier alpha value is -0.910. The van der Waals surface area contributed by atoms with Gasteiger partial charge in [0.05, 0.1) is 12.2 Å². The molecule has 5 nitrogen and oxygen atoms in total. The molecule has 2 fully saturated rings. The third kappa shape index (κ3) is 5.77. The summed E-state index contributed by atoms with van der Waals surface area (Å²) < 4.78 is 16.4. The van der Waals surface area contributed by atoms with Gasteiger partial charge in [0.2, 0.25) is 0 Å². The number of carbonyl (C=O) groups is 1. The molecule has 2 aliphatic rings. The molecule has 2 aliphatic heterocycles. The summed E-state index contributed by atoms with van der Waals surface area (Å²) >= 11 is 0. The molecule has 2 atom stereocenters. The highest BCUT2D eigenvalue weighted by Gasteiger charge is 2.20. The Bertz CT molecular complexity index is 344. The van der Waals surface area contributed by atoms with Crippen LogP contribution in [-0.4, -0.2) is 44.5 Å². The van der Waals surface area contributed by atoms with Crippen LogP contribution in [0.15, 0.2) is 11.6 Å². The van der Waals surface area contributed by atoms with Gasteiger partial charge in [-0.2, -0.15) is 0 Å². The van der Waals surface area contributed by atoms with Crippen molar-refractivity contribution in [1.29, 1.82) is 0 Å². The predicted octanol–water partition coefficient (Wildman–Crippen LogP) is 1.94. The quantitative estimate of drug-likeness (QED) is 0.547. The molecular formula is C16H27NO4. The van der Waals surface area contributed by atoms with Crippen molar-refractivity contribution in [3.05, 3.63) is 11.6 Å². The average Bonchev–Trinajstić information content (AvgIpc) is 3.18. The Balaban J connectivity index is 1.80. The Labute approximate surface area is 126 Å². The Kier molecular flexibility index (Phi) is 7.19. The number of esters is 1. The summed E-state index contributed by atoms with van der Waals surface area (Å²) in [5.41, 5.74) is 6.28. The van der Waals surface area contributed by atoms with Gasteiger partial charge >= 0.3 is 5.97 Å². The van der Waals surface area contributed by atoms with Crippen LogP contribution >= 0.6 is 0 Å². The fourth-order valence-electron chi connectivity index (χ4n) is 2.72. The molecule has 0 spiro atoms. The lowest BCUT2D eigenvalue weighted by atomic mass is 10.1. The van der Waals surface area contributed by atoms with E-state index < -0.39 is 0 Å². The van der Waals surface area contributed by atoms with E-state index in [0.29, 0.717) is 19.6 Å². The number of hydrogen-bond donors (Lipinski definition) is 1. The maximum absolute atomic E-state index is 12.2. The van der Waals surface area contributed by atoms with Crippen molar-refractivity contribution in [3.8, 4) is 0 Å². The molecule has 0 bridgehead atoms. The van der Waals surface area contributed by atoms with Crippen molar-refractivity contribution in [3.63, 3.8) is 0 Å². The molecule has 2 unspecified atom stereocenters. The second-order valence-corrected chi connectivity index (χ2v) is 5.73. The van der Waals surface area contributed by atoms with Gasteiger partial charge in [0.25, 0.3) is 0 Å². The Morgan fingerprint density at radius 1 is 1.19 bits per heavy atom. The van der Waals surface area contributed by atoms with Gasteiger partial charge in [0.1, 0.15) is 6.61 Å². The van der Waals surface area contributed by atoms with E-state index in [1.165, 1.54) is 0 Å². The molecule has 2 rings (SSSR count). The highest BCUT2D eigenvalue weighted by atomic mass is 16.6. The molecule has 0 aromatic heterocycles. The lowest BCUT2D eigenvalue weighted by Gasteiger charge is -2.13. The van der Waals surface area contributed by atoms with E-state index in [9.17, 15) is 4.79 Å². The molecule has 2 N–H and O–H groups in total. The van der Waals surface area contributed by atoms with E-state index >= 15 is 0 Å². The first-order valence-corrected chi connectivity index (χ1v) is 8.09. The zero-order valence-corrected chi connectivity index (χ0v) is 12.7. The molecule has 0 aromatic carbocycles. The van der Waals surface area contributed by atoms with E-state index in [0.717, 1.165) is 57.3 Å². The molecule has 0 amide bonds. The highest BCUT2D eigenvalue weighted by molar-refractivity contribution is 5.88. The smallest absolute Gasteiger partial charge is 0.333 e. The molecule has 120 valence electrons. The molecule has 5 heteroatoms. The Morgan fingerprint density at radius 2 is 1.90 bits per heavy atom. The Morgan fingerprint density at radius 3 is 2.52 bits per heavy atom. The average molecular weight is 297 g/mol. The number of rotatable bonds is 8. The fourth-order valence-corrected chi connectivity index (χ4v) is 2.72. The lowest BCUT2D eigenvalue weighted by Crippen LogP contribution is -2.19. The maximum Gasteiger partial charge on any atom is 0.333 e. The van der Waals surface area contributed by atoms with Crippen LogP contribution in [0.4, 0.5) is 0 Å². The molecule has 0 radical (unpaired) electrons. The van der Waals surface area contributed by atoms with E-state index in [1.54, 1.807) is 0 Å². The molecule has 0 aromatic rings. The SMILES string of the molecule is NCCCC(=CCC1CCCO1)C(=O)OCC1CCCO1. The van der Waals surface area contributed by atoms with Crippen LogP contribution in [0.5, 0.6) is 0 Å². The third-order valence-corrected chi connectivity index (χ3v) is 3.99. The lowest BCUT2D eigenvalue weighted by molar-refractivity contribution is -0.142. The number of nitrogens with two attached hydrogens (primary N) is 1. The largest absolute Gasteiger partial charge is 0.460 e. The predicted molar refractivity (Wildman–Crippen MR) is 79.9 cm³/mol. The molecule has 0 aliphatic carbocycles. The van der Waals surface area contributed by atoms with Gasteiger partial charge < -0.3 is 19.9 Å². The summed E-state index contributed by atoms with van der Waals surface area (Å²) in [6, 6.07) is 0. The van der Waals surface area contributed by atoms with Gasteiger partial charge in [-0.1, -0.05) is 6.08 Å². The van der Waals surface area contributed by atoms with Gasteiger partial charge in [0, 0.05) is 18.8 Å². The van der Waals surface area contributed by atoms with Crippen molar-refractivity contribution in [2.75, 3.05) is 26.4 Å². The summed E-state index contributed by atoms with van der Waals surface area (Å²) in [6.07, 6.45) is 8.78. The maximum atomic E-state index is 12.2. The van der Waals surface area contributed by atoms with Crippen LogP contribution in [0, 0.1) is 0 Å². The minimum Gasteiger partial charge on any atom is -0.460 e. The van der Waals surface area contributed by atoms with Gasteiger partial charge in [-0.25, -0.2) is 4.79 Å². The second-order valence-electron chi connectivity index (χ2n) is 5.73. The van der Waals surface area contributed by atoms with Crippen molar-refractivity contribution in [2.24, 2.45) is 5.73 Å². The van der Waals surface area contributed by atoms with Crippen molar-refractivity contribution < 1.29 is 19.0 Å². The second kappa shape index (κ2) is 9.18. The summed E-state index contributed by atoms with van der Waals surface area (Å²) in [6.45, 7) is 2.55. The third-order valence-electron chi connectivity index (χ3n) is 3.99. The first-order chi connectivity index (χ1) is 10.3. The summed E-state index contributed by atoms with van der Waals surface area (Å²) in [7, 11) is 0. The highest BCUT2D eigenvalue weighted by Crippen LogP contribution is 2.19. The standard InChI is InChI=1S/C16H27NO4/c17-9-1-4-13(7-8-14-5-2-10-19-14)16(18)21-12-15-6-3-11-20-15/h7,14-15H,1-6,8-12,17H2. The summed E-state index contributed by atoms with van der Waals surface area (Å²) in [5, 5.41) is 0. The minimum absolute atomic E-state index is 0.0721. The van der Waals surface area contributed by atoms with Crippen molar-refractivity contribution >= 4 is 5.97 Å². The van der Waals surface area contributed by atoms with Crippen LogP contribution in [0.3, 0.4) is 0 Å². The van der Waals surface area contributed by atoms with Crippen molar-refractivity contribution in [1.82, 2.24) is 0 Å². The zero-order valence-electron chi connectivity index (χ0n) is 12.7. The molecular weight excluding hydrogens is 270 g/mol. The van der Waals surface area contributed by atoms with Crippen LogP contribution in [0.2, 0.25) is 0 Å². The van der Waals surface area contributed by atoms with Crippen molar-refractivity contribution in [2.45, 2.75) is 57.2 Å². The first kappa shape index (κ1) is 16.5. The number of hydrogen-bond acceptors (Lipinski definition) is 5. The van der Waals surface area contributed by atoms with Gasteiger partial charge in [-0.15, -0.1) is 0 Å². The van der Waals surface area contributed by atoms with Crippen LogP contribution in [0.25, 0.3) is 0 Å². The summed E-state index contributed by atoms with van der Waals surface area (Å²) in [5.74, 6) is -0.225. The van der Waals surface area contributed by atoms with E-state index in [2.05, 4.69) is 0 Å². The van der Waals surface area contributed by atoms with Crippen LogP contribution < -0.4 is 5.73 Å². The topological polar surface area (TPSA) is 70.8 Å². The van der Waals surface area contributed by atoms with Gasteiger partial charge in [-0.3, -0.25) is 0 Å². The first-order valence-electron chi connectivity index (χ1n) is 8.09. The van der Waals surface area contributed by atoms with Gasteiger partial charge in [0.15, 0.2) is 0 Å². The van der Waals surface area contributed by atoms with Gasteiger partial charge in [-0.05, 0) is 51.5 Å². The number of carbonyl (C=O) groups excluding carboxylic acids is 1. The number of ether oxygens (including phenoxy) is 3. The minimum atomic E-state index is -0.225. The van der Waals surface area contributed by atoms with Crippen LogP contribution in [0.1, 0.15) is 44.9 Å². The van der Waals surface area contributed by atoms with E-state index in [4.69, 9.17) is 19.9 Å². The molecule has 21 heavy (non-hydrogen) atoms. The monoisotopic (exact) mass is 297 g/mol.